The van der Waals surface area contributed by atoms with Gasteiger partial charge in [-0.2, -0.15) is 0 Å². The lowest BCUT2D eigenvalue weighted by Crippen LogP contribution is -2.25. The fraction of sp³-hybridized carbons (Fsp3) is 0.222. The number of rotatable bonds is 3. The van der Waals surface area contributed by atoms with E-state index in [1.807, 2.05) is 48.5 Å². The van der Waals surface area contributed by atoms with Gasteiger partial charge in [0, 0.05) is 39.1 Å². The minimum absolute atomic E-state index is 0.0372. The molecule has 2 rings (SSSR count). The first-order chi connectivity index (χ1) is 10.4. The molecular weight excluding hydrogens is 276 g/mol. The lowest BCUT2D eigenvalue weighted by Gasteiger charge is -2.23. The van der Waals surface area contributed by atoms with Gasteiger partial charge in [0.2, 0.25) is 11.8 Å². The average Bonchev–Trinajstić information content (AvgIpc) is 2.53. The van der Waals surface area contributed by atoms with Crippen LogP contribution in [0.1, 0.15) is 13.8 Å². The van der Waals surface area contributed by atoms with E-state index in [2.05, 4.69) is 0 Å². The first-order valence-electron chi connectivity index (χ1n) is 7.10. The van der Waals surface area contributed by atoms with E-state index in [4.69, 9.17) is 0 Å². The van der Waals surface area contributed by atoms with E-state index in [-0.39, 0.29) is 11.8 Å². The molecule has 2 aromatic rings. The molecule has 0 atom stereocenters. The van der Waals surface area contributed by atoms with Crippen molar-refractivity contribution in [2.75, 3.05) is 23.9 Å². The molecule has 0 fully saturated rings. The number of nitrogens with zero attached hydrogens (tertiary/aromatic N) is 2. The van der Waals surface area contributed by atoms with Crippen LogP contribution >= 0.6 is 0 Å². The molecule has 0 saturated heterocycles. The van der Waals surface area contributed by atoms with Gasteiger partial charge in [-0.15, -0.1) is 0 Å². The van der Waals surface area contributed by atoms with E-state index in [9.17, 15) is 9.59 Å². The van der Waals surface area contributed by atoms with E-state index in [1.54, 1.807) is 23.9 Å². The predicted molar refractivity (Wildman–Crippen MR) is 90.0 cm³/mol. The maximum atomic E-state index is 11.7. The molecule has 0 aliphatic rings. The molecule has 4 nitrogen and oxygen atoms in total. The highest BCUT2D eigenvalue weighted by Crippen LogP contribution is 2.36. The van der Waals surface area contributed by atoms with Gasteiger partial charge in [-0.25, -0.2) is 0 Å². The highest BCUT2D eigenvalue weighted by atomic mass is 16.2. The Balaban J connectivity index is 2.63. The van der Waals surface area contributed by atoms with Gasteiger partial charge in [-0.05, 0) is 12.1 Å². The van der Waals surface area contributed by atoms with Crippen LogP contribution in [0.25, 0.3) is 11.1 Å². The highest BCUT2D eigenvalue weighted by Gasteiger charge is 2.17. The second-order valence-electron chi connectivity index (χ2n) is 5.19. The molecule has 0 spiro atoms. The zero-order valence-corrected chi connectivity index (χ0v) is 13.3. The van der Waals surface area contributed by atoms with Gasteiger partial charge in [0.25, 0.3) is 0 Å². The van der Waals surface area contributed by atoms with Crippen LogP contribution in [0.3, 0.4) is 0 Å². The van der Waals surface area contributed by atoms with Crippen molar-refractivity contribution in [3.05, 3.63) is 48.5 Å². The fourth-order valence-electron chi connectivity index (χ4n) is 2.33. The monoisotopic (exact) mass is 296 g/mol. The Labute approximate surface area is 131 Å². The summed E-state index contributed by atoms with van der Waals surface area (Å²) in [4.78, 5) is 26.7. The van der Waals surface area contributed by atoms with E-state index >= 15 is 0 Å². The van der Waals surface area contributed by atoms with Crippen molar-refractivity contribution in [1.29, 1.82) is 0 Å². The molecule has 0 aliphatic heterocycles. The lowest BCUT2D eigenvalue weighted by atomic mass is 10.0. The number of carbonyl (C=O) groups excluding carboxylic acids is 2. The van der Waals surface area contributed by atoms with Crippen LogP contribution in [0.15, 0.2) is 48.5 Å². The maximum absolute atomic E-state index is 11.7. The van der Waals surface area contributed by atoms with Gasteiger partial charge < -0.3 is 9.80 Å². The topological polar surface area (TPSA) is 40.6 Å². The third-order valence-electron chi connectivity index (χ3n) is 3.77. The number of hydrogen-bond acceptors (Lipinski definition) is 2. The maximum Gasteiger partial charge on any atom is 0.223 e. The largest absolute Gasteiger partial charge is 0.315 e. The molecular formula is C18H20N2O2. The Hall–Kier alpha value is -2.62. The van der Waals surface area contributed by atoms with Gasteiger partial charge in [-0.1, -0.05) is 36.4 Å². The molecule has 0 bridgehead atoms. The molecule has 4 heteroatoms. The summed E-state index contributed by atoms with van der Waals surface area (Å²) in [6.45, 7) is 3.06. The molecule has 2 amide bonds. The summed E-state index contributed by atoms with van der Waals surface area (Å²) in [6, 6.07) is 15.4. The van der Waals surface area contributed by atoms with Crippen LogP contribution in [0.2, 0.25) is 0 Å². The predicted octanol–water partition coefficient (Wildman–Crippen LogP) is 3.32. The SMILES string of the molecule is CC(=O)N(C)c1ccccc1-c1ccccc1N(C)C(C)=O. The molecule has 0 aromatic heterocycles. The van der Waals surface area contributed by atoms with E-state index in [0.717, 1.165) is 22.5 Å². The van der Waals surface area contributed by atoms with Gasteiger partial charge in [0.05, 0.1) is 11.4 Å². The molecule has 0 radical (unpaired) electrons. The minimum atomic E-state index is -0.0372. The summed E-state index contributed by atoms with van der Waals surface area (Å²) in [5.41, 5.74) is 3.48. The summed E-state index contributed by atoms with van der Waals surface area (Å²) < 4.78 is 0. The van der Waals surface area contributed by atoms with Crippen molar-refractivity contribution >= 4 is 23.2 Å². The van der Waals surface area contributed by atoms with Gasteiger partial charge in [0.1, 0.15) is 0 Å². The molecule has 0 aliphatic carbocycles. The van der Waals surface area contributed by atoms with Crippen molar-refractivity contribution in [2.24, 2.45) is 0 Å². The minimum Gasteiger partial charge on any atom is -0.315 e. The van der Waals surface area contributed by atoms with Crippen LogP contribution in [0.4, 0.5) is 11.4 Å². The number of hydrogen-bond donors (Lipinski definition) is 0. The second-order valence-corrected chi connectivity index (χ2v) is 5.19. The third-order valence-corrected chi connectivity index (χ3v) is 3.77. The van der Waals surface area contributed by atoms with E-state index in [0.29, 0.717) is 0 Å². The zero-order valence-electron chi connectivity index (χ0n) is 13.3. The van der Waals surface area contributed by atoms with Crippen molar-refractivity contribution in [3.8, 4) is 11.1 Å². The molecule has 0 heterocycles. The molecule has 0 saturated carbocycles. The summed E-state index contributed by atoms with van der Waals surface area (Å²) >= 11 is 0. The Morgan fingerprint density at radius 3 is 1.32 bits per heavy atom. The molecule has 2 aromatic carbocycles. The standard InChI is InChI=1S/C18H20N2O2/c1-13(21)19(3)17-11-7-5-9-15(17)16-10-6-8-12-18(16)20(4)14(2)22/h5-12H,1-4H3. The molecule has 114 valence electrons. The number of benzene rings is 2. The summed E-state index contributed by atoms with van der Waals surface area (Å²) in [7, 11) is 3.50. The number of para-hydroxylation sites is 2. The summed E-state index contributed by atoms with van der Waals surface area (Å²) in [5.74, 6) is -0.0743. The fourth-order valence-corrected chi connectivity index (χ4v) is 2.33. The Morgan fingerprint density at radius 2 is 1.00 bits per heavy atom. The number of amides is 2. The Morgan fingerprint density at radius 1 is 0.682 bits per heavy atom. The smallest absolute Gasteiger partial charge is 0.223 e. The van der Waals surface area contributed by atoms with Gasteiger partial charge in [-0.3, -0.25) is 9.59 Å². The van der Waals surface area contributed by atoms with Crippen LogP contribution in [0, 0.1) is 0 Å². The first-order valence-corrected chi connectivity index (χ1v) is 7.10. The normalized spacial score (nSPS) is 10.2. The average molecular weight is 296 g/mol. The first kappa shape index (κ1) is 15.8. The Kier molecular flexibility index (Phi) is 4.61. The summed E-state index contributed by atoms with van der Waals surface area (Å²) in [5, 5.41) is 0. The van der Waals surface area contributed by atoms with Crippen LogP contribution in [-0.2, 0) is 9.59 Å². The molecule has 22 heavy (non-hydrogen) atoms. The highest BCUT2D eigenvalue weighted by molar-refractivity contribution is 6.01. The van der Waals surface area contributed by atoms with Crippen molar-refractivity contribution in [1.82, 2.24) is 0 Å². The van der Waals surface area contributed by atoms with E-state index in [1.165, 1.54) is 13.8 Å². The summed E-state index contributed by atoms with van der Waals surface area (Å²) in [6.07, 6.45) is 0. The van der Waals surface area contributed by atoms with Crippen molar-refractivity contribution in [2.45, 2.75) is 13.8 Å². The third kappa shape index (κ3) is 3.01. The van der Waals surface area contributed by atoms with Crippen molar-refractivity contribution in [3.63, 3.8) is 0 Å². The quantitative estimate of drug-likeness (QED) is 0.871. The van der Waals surface area contributed by atoms with Crippen molar-refractivity contribution < 1.29 is 9.59 Å². The molecule has 0 N–H and O–H groups in total. The number of carbonyl (C=O) groups is 2. The van der Waals surface area contributed by atoms with Gasteiger partial charge in [0.15, 0.2) is 0 Å². The van der Waals surface area contributed by atoms with E-state index < -0.39 is 0 Å². The van der Waals surface area contributed by atoms with Gasteiger partial charge >= 0.3 is 0 Å². The number of anilines is 2. The Bertz CT molecular complexity index is 648. The van der Waals surface area contributed by atoms with Crippen LogP contribution < -0.4 is 9.80 Å². The van der Waals surface area contributed by atoms with Crippen LogP contribution in [0.5, 0.6) is 0 Å². The lowest BCUT2D eigenvalue weighted by molar-refractivity contribution is -0.117. The zero-order chi connectivity index (χ0) is 16.3. The second kappa shape index (κ2) is 6.43. The van der Waals surface area contributed by atoms with Crippen LogP contribution in [-0.4, -0.2) is 25.9 Å². The molecule has 0 unspecified atom stereocenters.